The Labute approximate surface area is 185 Å². The predicted molar refractivity (Wildman–Crippen MR) is 121 cm³/mol. The Morgan fingerprint density at radius 2 is 2.10 bits per heavy atom. The fraction of sp³-hybridized carbons (Fsp3) is 0.682. The molecular weight excluding hydrogens is 394 g/mol. The first-order chi connectivity index (χ1) is 15.3. The van der Waals surface area contributed by atoms with Crippen LogP contribution in [0.3, 0.4) is 0 Å². The predicted octanol–water partition coefficient (Wildman–Crippen LogP) is 2.23. The number of nitrogens with zero attached hydrogens (tertiary/aromatic N) is 5. The minimum absolute atomic E-state index is 0.164. The van der Waals surface area contributed by atoms with Crippen molar-refractivity contribution in [2.75, 3.05) is 46.4 Å². The number of hydrogen-bond donors (Lipinski definition) is 2. The largest absolute Gasteiger partial charge is 0.468 e. The number of nitrogens with one attached hydrogen (secondary N) is 2. The van der Waals surface area contributed by atoms with Gasteiger partial charge in [0.25, 0.3) is 0 Å². The molecule has 1 fully saturated rings. The number of likely N-dealkylation sites (tertiary alicyclic amines) is 1. The van der Waals surface area contributed by atoms with Gasteiger partial charge in [-0.2, -0.15) is 0 Å². The second-order valence-corrected chi connectivity index (χ2v) is 7.81. The van der Waals surface area contributed by atoms with E-state index in [2.05, 4.69) is 43.3 Å². The van der Waals surface area contributed by atoms with Crippen molar-refractivity contribution in [2.24, 2.45) is 4.99 Å². The number of rotatable bonds is 12. The number of hydrogen-bond acceptors (Lipinski definition) is 6. The first kappa shape index (κ1) is 23.3. The third-order valence-electron chi connectivity index (χ3n) is 5.60. The molecule has 0 bridgehead atoms. The first-order valence-electron chi connectivity index (χ1n) is 11.5. The molecule has 1 saturated heterocycles. The molecule has 1 aliphatic rings. The Hall–Kier alpha value is -2.39. The standard InChI is InChI=1S/C22H37N7O2/c1-3-21-27-26-18-29(21)14-11-24-22(23-10-8-15-30-2)25-17-19(20-9-7-16-31-20)28-12-5-4-6-13-28/h7,9,16,18-19H,3-6,8,10-15,17H2,1-2H3,(H2,23,24,25). The molecule has 3 rings (SSSR count). The lowest BCUT2D eigenvalue weighted by atomic mass is 10.1. The van der Waals surface area contributed by atoms with Crippen molar-refractivity contribution in [2.45, 2.75) is 51.6 Å². The van der Waals surface area contributed by atoms with Gasteiger partial charge in [-0.1, -0.05) is 13.3 Å². The average molecular weight is 432 g/mol. The molecule has 0 aromatic carbocycles. The van der Waals surface area contributed by atoms with Crippen LogP contribution in [0.4, 0.5) is 0 Å². The Kier molecular flexibility index (Phi) is 9.85. The number of aromatic nitrogens is 3. The van der Waals surface area contributed by atoms with Crippen LogP contribution in [0.2, 0.25) is 0 Å². The molecule has 9 heteroatoms. The van der Waals surface area contributed by atoms with E-state index >= 15 is 0 Å². The summed E-state index contributed by atoms with van der Waals surface area (Å²) in [6, 6.07) is 4.19. The molecule has 0 saturated carbocycles. The molecule has 172 valence electrons. The third-order valence-corrected chi connectivity index (χ3v) is 5.60. The molecule has 0 radical (unpaired) electrons. The topological polar surface area (TPSA) is 92.7 Å². The van der Waals surface area contributed by atoms with Gasteiger partial charge in [0.1, 0.15) is 17.9 Å². The molecule has 1 atom stereocenters. The van der Waals surface area contributed by atoms with Crippen molar-refractivity contribution in [3.05, 3.63) is 36.3 Å². The lowest BCUT2D eigenvalue weighted by molar-refractivity contribution is 0.150. The summed E-state index contributed by atoms with van der Waals surface area (Å²) in [6.45, 7) is 8.01. The summed E-state index contributed by atoms with van der Waals surface area (Å²) in [5, 5.41) is 15.1. The zero-order valence-electron chi connectivity index (χ0n) is 18.9. The van der Waals surface area contributed by atoms with E-state index in [0.29, 0.717) is 6.54 Å². The molecule has 2 N–H and O–H groups in total. The summed E-state index contributed by atoms with van der Waals surface area (Å²) in [6.07, 6.45) is 9.11. The molecular formula is C22H37N7O2. The molecule has 0 aliphatic carbocycles. The van der Waals surface area contributed by atoms with Gasteiger partial charge in [0, 0.05) is 39.8 Å². The fourth-order valence-corrected chi connectivity index (χ4v) is 3.91. The lowest BCUT2D eigenvalue weighted by Crippen LogP contribution is -2.41. The third kappa shape index (κ3) is 7.36. The monoisotopic (exact) mass is 431 g/mol. The number of ether oxygens (including phenoxy) is 1. The minimum atomic E-state index is 0.164. The maximum Gasteiger partial charge on any atom is 0.191 e. The average Bonchev–Trinajstić information content (AvgIpc) is 3.49. The zero-order chi connectivity index (χ0) is 21.7. The number of guanidine groups is 1. The van der Waals surface area contributed by atoms with Gasteiger partial charge in [-0.3, -0.25) is 9.89 Å². The van der Waals surface area contributed by atoms with Gasteiger partial charge in [-0.25, -0.2) is 0 Å². The molecule has 0 amide bonds. The summed E-state index contributed by atoms with van der Waals surface area (Å²) in [7, 11) is 1.73. The van der Waals surface area contributed by atoms with Crippen LogP contribution in [0.25, 0.3) is 0 Å². The molecule has 2 aromatic rings. The molecule has 0 spiro atoms. The Morgan fingerprint density at radius 3 is 2.84 bits per heavy atom. The summed E-state index contributed by atoms with van der Waals surface area (Å²) in [4.78, 5) is 7.42. The Morgan fingerprint density at radius 1 is 1.26 bits per heavy atom. The van der Waals surface area contributed by atoms with Crippen LogP contribution in [-0.2, 0) is 17.7 Å². The van der Waals surface area contributed by atoms with E-state index in [1.807, 2.05) is 6.07 Å². The van der Waals surface area contributed by atoms with E-state index in [9.17, 15) is 0 Å². The van der Waals surface area contributed by atoms with E-state index < -0.39 is 0 Å². The van der Waals surface area contributed by atoms with Gasteiger partial charge in [0.05, 0.1) is 18.8 Å². The highest BCUT2D eigenvalue weighted by atomic mass is 16.5. The van der Waals surface area contributed by atoms with Gasteiger partial charge >= 0.3 is 0 Å². The van der Waals surface area contributed by atoms with E-state index in [-0.39, 0.29) is 6.04 Å². The summed E-state index contributed by atoms with van der Waals surface area (Å²) in [5.74, 6) is 2.80. The number of piperidine rings is 1. The smallest absolute Gasteiger partial charge is 0.191 e. The van der Waals surface area contributed by atoms with Crippen LogP contribution in [0.15, 0.2) is 34.1 Å². The SMILES string of the molecule is CCc1nncn1CCNC(=NCC(c1ccco1)N1CCCCC1)NCCCOC. The van der Waals surface area contributed by atoms with Crippen LogP contribution >= 0.6 is 0 Å². The number of methoxy groups -OCH3 is 1. The molecule has 1 unspecified atom stereocenters. The van der Waals surface area contributed by atoms with Crippen LogP contribution in [0.1, 0.15) is 50.2 Å². The zero-order valence-corrected chi connectivity index (χ0v) is 18.9. The van der Waals surface area contributed by atoms with Gasteiger partial charge in [0.2, 0.25) is 0 Å². The number of furan rings is 1. The summed E-state index contributed by atoms with van der Waals surface area (Å²) < 4.78 is 13.0. The molecule has 31 heavy (non-hydrogen) atoms. The number of aryl methyl sites for hydroxylation is 1. The first-order valence-corrected chi connectivity index (χ1v) is 11.5. The van der Waals surface area contributed by atoms with Crippen molar-refractivity contribution in [1.29, 1.82) is 0 Å². The highest BCUT2D eigenvalue weighted by Gasteiger charge is 2.24. The summed E-state index contributed by atoms with van der Waals surface area (Å²) in [5.41, 5.74) is 0. The van der Waals surface area contributed by atoms with Crippen LogP contribution in [0.5, 0.6) is 0 Å². The van der Waals surface area contributed by atoms with Crippen LogP contribution < -0.4 is 10.6 Å². The lowest BCUT2D eigenvalue weighted by Gasteiger charge is -2.32. The van der Waals surface area contributed by atoms with E-state index in [1.165, 1.54) is 19.3 Å². The van der Waals surface area contributed by atoms with Crippen molar-refractivity contribution in [3.63, 3.8) is 0 Å². The van der Waals surface area contributed by atoms with Crippen molar-refractivity contribution in [1.82, 2.24) is 30.3 Å². The van der Waals surface area contributed by atoms with Crippen molar-refractivity contribution < 1.29 is 9.15 Å². The quantitative estimate of drug-likeness (QED) is 0.302. The second kappa shape index (κ2) is 13.1. The molecule has 9 nitrogen and oxygen atoms in total. The van der Waals surface area contributed by atoms with Crippen LogP contribution in [-0.4, -0.2) is 72.1 Å². The van der Waals surface area contributed by atoms with Gasteiger partial charge in [0.15, 0.2) is 5.96 Å². The van der Waals surface area contributed by atoms with E-state index in [1.54, 1.807) is 19.7 Å². The molecule has 1 aliphatic heterocycles. The Balaban J connectivity index is 1.62. The normalized spacial score (nSPS) is 16.4. The highest BCUT2D eigenvalue weighted by Crippen LogP contribution is 2.25. The van der Waals surface area contributed by atoms with Crippen molar-refractivity contribution >= 4 is 5.96 Å². The minimum Gasteiger partial charge on any atom is -0.468 e. The maximum atomic E-state index is 5.76. The second-order valence-electron chi connectivity index (χ2n) is 7.81. The summed E-state index contributed by atoms with van der Waals surface area (Å²) >= 11 is 0. The van der Waals surface area contributed by atoms with E-state index in [4.69, 9.17) is 14.1 Å². The molecule has 3 heterocycles. The van der Waals surface area contributed by atoms with Gasteiger partial charge < -0.3 is 24.4 Å². The van der Waals surface area contributed by atoms with Crippen LogP contribution in [0, 0.1) is 0 Å². The highest BCUT2D eigenvalue weighted by molar-refractivity contribution is 5.79. The van der Waals surface area contributed by atoms with Crippen molar-refractivity contribution in [3.8, 4) is 0 Å². The van der Waals surface area contributed by atoms with E-state index in [0.717, 1.165) is 69.7 Å². The molecule has 2 aromatic heterocycles. The fourth-order valence-electron chi connectivity index (χ4n) is 3.91. The van der Waals surface area contributed by atoms with Gasteiger partial charge in [-0.05, 0) is 44.5 Å². The maximum absolute atomic E-state index is 5.76. The van der Waals surface area contributed by atoms with Gasteiger partial charge in [-0.15, -0.1) is 10.2 Å². The Bertz CT molecular complexity index is 754. The number of aliphatic imine (C=N–C) groups is 1.